The SMILES string of the molecule is CCCSc1cc(C)n(-c2ccc(F)[c]([Ti]([C]3=C(C)C=CC3)([C]3=C(C)C=CC3)[c]3c(F)ccc(-n4c(C)cc(SCCC)c4C)c3F)c2F)c1C. The van der Waals surface area contributed by atoms with Gasteiger partial charge in [-0.15, -0.1) is 0 Å². The van der Waals surface area contributed by atoms with Crippen LogP contribution in [-0.2, 0) is 16.6 Å². The fourth-order valence-corrected chi connectivity index (χ4v) is 19.1. The van der Waals surface area contributed by atoms with Gasteiger partial charge in [0, 0.05) is 0 Å². The number of allylic oxidation sites excluding steroid dienone is 8. The van der Waals surface area contributed by atoms with E-state index in [0.29, 0.717) is 12.8 Å². The molecule has 0 spiro atoms. The summed E-state index contributed by atoms with van der Waals surface area (Å²) in [5.41, 5.74) is 5.34. The topological polar surface area (TPSA) is 9.86 Å². The minimum absolute atomic E-state index is 0.172. The van der Waals surface area contributed by atoms with E-state index in [9.17, 15) is 0 Å². The van der Waals surface area contributed by atoms with Crippen molar-refractivity contribution in [2.45, 2.75) is 90.9 Å². The third kappa shape index (κ3) is 6.32. The van der Waals surface area contributed by atoms with Crippen molar-refractivity contribution in [2.75, 3.05) is 11.5 Å². The van der Waals surface area contributed by atoms with Gasteiger partial charge in [0.2, 0.25) is 0 Å². The molecule has 0 amide bonds. The number of hydrogen-bond donors (Lipinski definition) is 0. The quantitative estimate of drug-likeness (QED) is 0.0807. The van der Waals surface area contributed by atoms with E-state index in [2.05, 4.69) is 13.8 Å². The van der Waals surface area contributed by atoms with E-state index < -0.39 is 39.9 Å². The van der Waals surface area contributed by atoms with Crippen LogP contribution in [0.5, 0.6) is 0 Å². The molecule has 0 saturated carbocycles. The fourth-order valence-electron chi connectivity index (χ4n) is 8.08. The van der Waals surface area contributed by atoms with Crippen LogP contribution in [0.15, 0.2) is 89.4 Å². The van der Waals surface area contributed by atoms with Crippen LogP contribution in [0.1, 0.15) is 76.2 Å². The number of aryl methyl sites for hydroxylation is 2. The van der Waals surface area contributed by atoms with Crippen LogP contribution in [0.4, 0.5) is 17.6 Å². The number of halogens is 4. The van der Waals surface area contributed by atoms with Gasteiger partial charge in [-0.3, -0.25) is 0 Å². The van der Waals surface area contributed by atoms with E-state index >= 15 is 17.6 Å². The van der Waals surface area contributed by atoms with Gasteiger partial charge in [-0.25, -0.2) is 0 Å². The molecule has 2 nitrogen and oxygen atoms in total. The molecule has 0 bridgehead atoms. The van der Waals surface area contributed by atoms with Crippen LogP contribution in [0.25, 0.3) is 11.4 Å². The Kier molecular flexibility index (Phi) is 11.3. The summed E-state index contributed by atoms with van der Waals surface area (Å²) in [6.45, 7) is 15.8. The average Bonchev–Trinajstić information content (AvgIpc) is 3.85. The zero-order chi connectivity index (χ0) is 36.8. The van der Waals surface area contributed by atoms with E-state index in [4.69, 9.17) is 0 Å². The second-order valence-electron chi connectivity index (χ2n) is 13.6. The van der Waals surface area contributed by atoms with Crippen LogP contribution >= 0.6 is 23.5 Å². The number of hydrogen-bond acceptors (Lipinski definition) is 2. The molecule has 0 atom stereocenters. The van der Waals surface area contributed by atoms with Gasteiger partial charge in [-0.2, -0.15) is 0 Å². The first kappa shape index (κ1) is 37.8. The summed E-state index contributed by atoms with van der Waals surface area (Å²) in [4.78, 5) is 2.06. The molecule has 0 radical (unpaired) electrons. The summed E-state index contributed by atoms with van der Waals surface area (Å²) < 4.78 is 74.8. The first-order valence-corrected chi connectivity index (χ1v) is 22.8. The van der Waals surface area contributed by atoms with Crippen molar-refractivity contribution in [3.05, 3.63) is 126 Å². The van der Waals surface area contributed by atoms with Gasteiger partial charge in [-0.1, -0.05) is 0 Å². The van der Waals surface area contributed by atoms with Crippen molar-refractivity contribution in [1.29, 1.82) is 0 Å². The third-order valence-electron chi connectivity index (χ3n) is 10.3. The van der Waals surface area contributed by atoms with Crippen molar-refractivity contribution in [2.24, 2.45) is 0 Å². The zero-order valence-electron chi connectivity index (χ0n) is 30.7. The van der Waals surface area contributed by atoms with Gasteiger partial charge in [0.05, 0.1) is 0 Å². The summed E-state index contributed by atoms with van der Waals surface area (Å²) >= 11 is -1.74. The molecule has 0 N–H and O–H groups in total. The van der Waals surface area contributed by atoms with Crippen LogP contribution in [-0.4, -0.2) is 20.6 Å². The Hall–Kier alpha value is -2.91. The number of benzene rings is 2. The summed E-state index contributed by atoms with van der Waals surface area (Å²) in [7, 11) is 0. The zero-order valence-corrected chi connectivity index (χ0v) is 33.9. The molecule has 268 valence electrons. The molecule has 0 aliphatic heterocycles. The normalized spacial score (nSPS) is 14.7. The van der Waals surface area contributed by atoms with Crippen molar-refractivity contribution < 1.29 is 34.2 Å². The second kappa shape index (κ2) is 15.2. The van der Waals surface area contributed by atoms with E-state index in [0.717, 1.165) is 75.8 Å². The summed E-state index contributed by atoms with van der Waals surface area (Å²) in [5.74, 6) is -1.22. The van der Waals surface area contributed by atoms with Crippen LogP contribution in [0.2, 0.25) is 0 Å². The molecule has 2 aliphatic carbocycles. The van der Waals surface area contributed by atoms with Crippen molar-refractivity contribution in [1.82, 2.24) is 9.13 Å². The molecular formula is C42H46F4N2S2Ti. The monoisotopic (exact) mass is 766 g/mol. The molecule has 2 aromatic heterocycles. The number of aromatic nitrogens is 2. The predicted molar refractivity (Wildman–Crippen MR) is 205 cm³/mol. The van der Waals surface area contributed by atoms with Gasteiger partial charge in [0.25, 0.3) is 0 Å². The van der Waals surface area contributed by atoms with Gasteiger partial charge in [0.15, 0.2) is 0 Å². The van der Waals surface area contributed by atoms with Crippen molar-refractivity contribution in [3.8, 4) is 11.4 Å². The Labute approximate surface area is 312 Å². The van der Waals surface area contributed by atoms with E-state index in [1.807, 2.05) is 87.1 Å². The number of nitrogens with zero attached hydrogens (tertiary/aromatic N) is 2. The number of rotatable bonds is 12. The first-order chi connectivity index (χ1) is 24.4. The number of thioether (sulfide) groups is 2. The van der Waals surface area contributed by atoms with Gasteiger partial charge < -0.3 is 0 Å². The second-order valence-corrected chi connectivity index (χ2v) is 21.7. The molecule has 0 saturated heterocycles. The summed E-state index contributed by atoms with van der Waals surface area (Å²) in [5, 5.41) is 0. The Morgan fingerprint density at radius 3 is 1.33 bits per heavy atom. The molecule has 9 heteroatoms. The minimum atomic E-state index is -5.15. The first-order valence-electron chi connectivity index (χ1n) is 17.7. The Bertz CT molecular complexity index is 2000. The van der Waals surface area contributed by atoms with Crippen LogP contribution < -0.4 is 7.74 Å². The Balaban J connectivity index is 1.74. The molecule has 6 rings (SSSR count). The predicted octanol–water partition coefficient (Wildman–Crippen LogP) is 11.6. The molecule has 51 heavy (non-hydrogen) atoms. The van der Waals surface area contributed by atoms with E-state index in [-0.39, 0.29) is 19.1 Å². The molecule has 0 unspecified atom stereocenters. The maximum atomic E-state index is 18.0. The molecule has 4 aromatic rings. The van der Waals surface area contributed by atoms with Gasteiger partial charge in [0.1, 0.15) is 0 Å². The van der Waals surface area contributed by atoms with Crippen molar-refractivity contribution in [3.63, 3.8) is 0 Å². The van der Waals surface area contributed by atoms with Crippen molar-refractivity contribution >= 4 is 31.3 Å². The molecule has 0 fully saturated rings. The van der Waals surface area contributed by atoms with E-state index in [1.165, 1.54) is 24.3 Å². The van der Waals surface area contributed by atoms with Crippen LogP contribution in [0.3, 0.4) is 0 Å². The van der Waals surface area contributed by atoms with Gasteiger partial charge >= 0.3 is 314 Å². The molecule has 2 heterocycles. The third-order valence-corrected chi connectivity index (χ3v) is 21.4. The molecule has 2 aromatic carbocycles. The van der Waals surface area contributed by atoms with Crippen LogP contribution in [0, 0.1) is 51.0 Å². The average molecular weight is 767 g/mol. The molecular weight excluding hydrogens is 720 g/mol. The molecule has 2 aliphatic rings. The maximum absolute atomic E-state index is 18.0. The van der Waals surface area contributed by atoms with E-state index in [1.54, 1.807) is 23.5 Å². The standard InChI is InChI=1S/2C15H16F2NS.2C6H7.Ti/c2*1-4-7-19-15-8-10(2)18(11(15)3)14-6-5-12(16)9-13(14)17;2*1-6-4-2-3-5-6;/h2*5-6,8H,4,7H2,1-3H3;2*2,4H,3H2,1H3;. The Morgan fingerprint density at radius 2 is 1.00 bits per heavy atom. The van der Waals surface area contributed by atoms with Gasteiger partial charge in [-0.05, 0) is 0 Å². The Morgan fingerprint density at radius 1 is 0.608 bits per heavy atom. The fraction of sp³-hybridized carbons (Fsp3) is 0.333. The summed E-state index contributed by atoms with van der Waals surface area (Å²) in [6.07, 6.45) is 10.5. The summed E-state index contributed by atoms with van der Waals surface area (Å²) in [6, 6.07) is 9.63.